The molecule has 9 aromatic rings. The summed E-state index contributed by atoms with van der Waals surface area (Å²) in [6, 6.07) is 45.9. The molecule has 5 heterocycles. The number of hydrogen-bond acceptors (Lipinski definition) is 5. The average Bonchev–Trinajstić information content (AvgIpc) is 3.14. The summed E-state index contributed by atoms with van der Waals surface area (Å²) in [5.41, 5.74) is 11.8. The Hall–Kier alpha value is -6.33. The SMILES string of the molecule is c1ccc(-c2ccc3ccc(-c4ccc(-c5ccc6ccc7c(-c8cccnc8)c8ccccc8nc7c6n5)cc4)cc3n2)nc1. The van der Waals surface area contributed by atoms with E-state index in [0.29, 0.717) is 0 Å². The lowest BCUT2D eigenvalue weighted by Crippen LogP contribution is -1.93. The van der Waals surface area contributed by atoms with E-state index in [2.05, 4.69) is 107 Å². The van der Waals surface area contributed by atoms with Gasteiger partial charge in [0.05, 0.1) is 39.1 Å². The molecule has 5 aromatic heterocycles. The van der Waals surface area contributed by atoms with E-state index in [1.165, 1.54) is 0 Å². The Labute approximate surface area is 264 Å². The summed E-state index contributed by atoms with van der Waals surface area (Å²) in [5, 5.41) is 4.32. The molecule has 0 aliphatic rings. The number of pyridine rings is 5. The highest BCUT2D eigenvalue weighted by Crippen LogP contribution is 2.37. The minimum atomic E-state index is 0.866. The van der Waals surface area contributed by atoms with Crippen molar-refractivity contribution in [3.05, 3.63) is 152 Å². The standard InChI is InChI=1S/C41H25N5/c1-2-8-35-32(7-1)39(31-6-5-22-42-25-31)33-19-16-29-18-20-34(45-40(29)41(33)46-35)27-12-10-26(11-13-27)30-15-14-28-17-21-37(44-38(28)24-30)36-9-3-4-23-43-36/h1-25H. The van der Waals surface area contributed by atoms with Crippen LogP contribution in [0.4, 0.5) is 0 Å². The Morgan fingerprint density at radius 3 is 2.04 bits per heavy atom. The molecule has 0 spiro atoms. The van der Waals surface area contributed by atoms with Gasteiger partial charge in [0.1, 0.15) is 0 Å². The minimum absolute atomic E-state index is 0.866. The maximum absolute atomic E-state index is 5.20. The second-order valence-electron chi connectivity index (χ2n) is 11.4. The minimum Gasteiger partial charge on any atom is -0.264 e. The van der Waals surface area contributed by atoms with Crippen LogP contribution in [0, 0.1) is 0 Å². The molecule has 0 aliphatic heterocycles. The third kappa shape index (κ3) is 4.45. The van der Waals surface area contributed by atoms with Gasteiger partial charge in [-0.2, -0.15) is 0 Å². The first-order chi connectivity index (χ1) is 22.8. The van der Waals surface area contributed by atoms with Crippen molar-refractivity contribution in [2.45, 2.75) is 0 Å². The predicted molar refractivity (Wildman–Crippen MR) is 187 cm³/mol. The molecule has 4 aromatic carbocycles. The molecule has 0 atom stereocenters. The van der Waals surface area contributed by atoms with E-state index in [1.54, 1.807) is 12.4 Å². The van der Waals surface area contributed by atoms with Crippen molar-refractivity contribution in [3.63, 3.8) is 0 Å². The third-order valence-corrected chi connectivity index (χ3v) is 8.59. The smallest absolute Gasteiger partial charge is 0.0978 e. The Bertz CT molecular complexity index is 2560. The molecular weight excluding hydrogens is 562 g/mol. The topological polar surface area (TPSA) is 64.5 Å². The maximum atomic E-state index is 5.20. The zero-order valence-electron chi connectivity index (χ0n) is 24.7. The van der Waals surface area contributed by atoms with Crippen molar-refractivity contribution in [1.82, 2.24) is 24.9 Å². The largest absolute Gasteiger partial charge is 0.264 e. The van der Waals surface area contributed by atoms with Gasteiger partial charge in [-0.15, -0.1) is 0 Å². The van der Waals surface area contributed by atoms with E-state index in [9.17, 15) is 0 Å². The average molecular weight is 588 g/mol. The fourth-order valence-electron chi connectivity index (χ4n) is 6.31. The normalized spacial score (nSPS) is 11.5. The number of nitrogens with zero attached hydrogens (tertiary/aromatic N) is 5. The molecule has 0 radical (unpaired) electrons. The highest BCUT2D eigenvalue weighted by molar-refractivity contribution is 6.16. The number of benzene rings is 4. The summed E-state index contributed by atoms with van der Waals surface area (Å²) in [6.45, 7) is 0. The molecule has 0 bridgehead atoms. The lowest BCUT2D eigenvalue weighted by atomic mass is 9.96. The molecule has 0 unspecified atom stereocenters. The number of rotatable bonds is 4. The Morgan fingerprint density at radius 1 is 0.391 bits per heavy atom. The summed E-state index contributed by atoms with van der Waals surface area (Å²) in [6.07, 6.45) is 5.52. The molecule has 214 valence electrons. The molecule has 0 saturated carbocycles. The van der Waals surface area contributed by atoms with E-state index in [-0.39, 0.29) is 0 Å². The highest BCUT2D eigenvalue weighted by Gasteiger charge is 2.15. The van der Waals surface area contributed by atoms with Crippen molar-refractivity contribution in [1.29, 1.82) is 0 Å². The van der Waals surface area contributed by atoms with E-state index in [4.69, 9.17) is 15.0 Å². The molecule has 0 N–H and O–H groups in total. The number of hydrogen-bond donors (Lipinski definition) is 0. The molecule has 46 heavy (non-hydrogen) atoms. The van der Waals surface area contributed by atoms with Crippen LogP contribution in [0.5, 0.6) is 0 Å². The van der Waals surface area contributed by atoms with E-state index >= 15 is 0 Å². The van der Waals surface area contributed by atoms with Gasteiger partial charge in [-0.3, -0.25) is 9.97 Å². The second-order valence-corrected chi connectivity index (χ2v) is 11.4. The number of fused-ring (bicyclic) bond motifs is 5. The second kappa shape index (κ2) is 10.7. The van der Waals surface area contributed by atoms with Gasteiger partial charge in [-0.1, -0.05) is 91.0 Å². The summed E-state index contributed by atoms with van der Waals surface area (Å²) in [5.74, 6) is 0. The van der Waals surface area contributed by atoms with Gasteiger partial charge in [0.2, 0.25) is 0 Å². The summed E-state index contributed by atoms with van der Waals surface area (Å²) >= 11 is 0. The highest BCUT2D eigenvalue weighted by atomic mass is 14.8. The molecule has 0 fully saturated rings. The van der Waals surface area contributed by atoms with Crippen LogP contribution < -0.4 is 0 Å². The van der Waals surface area contributed by atoms with Crippen LogP contribution in [0.2, 0.25) is 0 Å². The van der Waals surface area contributed by atoms with Gasteiger partial charge in [0.15, 0.2) is 0 Å². The summed E-state index contributed by atoms with van der Waals surface area (Å²) < 4.78 is 0. The van der Waals surface area contributed by atoms with Gasteiger partial charge < -0.3 is 0 Å². The quantitative estimate of drug-likeness (QED) is 0.151. The fraction of sp³-hybridized carbons (Fsp3) is 0. The van der Waals surface area contributed by atoms with Crippen molar-refractivity contribution in [2.24, 2.45) is 0 Å². The zero-order chi connectivity index (χ0) is 30.5. The Kier molecular flexibility index (Phi) is 6.06. The van der Waals surface area contributed by atoms with Gasteiger partial charge in [-0.25, -0.2) is 15.0 Å². The van der Waals surface area contributed by atoms with Gasteiger partial charge in [0.25, 0.3) is 0 Å². The Morgan fingerprint density at radius 2 is 1.17 bits per heavy atom. The first-order valence-corrected chi connectivity index (χ1v) is 15.2. The van der Waals surface area contributed by atoms with Crippen LogP contribution in [0.1, 0.15) is 0 Å². The van der Waals surface area contributed by atoms with Crippen molar-refractivity contribution in [3.8, 4) is 44.9 Å². The van der Waals surface area contributed by atoms with Crippen LogP contribution in [0.3, 0.4) is 0 Å². The number of para-hydroxylation sites is 1. The van der Waals surface area contributed by atoms with Gasteiger partial charge >= 0.3 is 0 Å². The lowest BCUT2D eigenvalue weighted by Gasteiger charge is -2.13. The third-order valence-electron chi connectivity index (χ3n) is 8.59. The molecule has 0 aliphatic carbocycles. The monoisotopic (exact) mass is 587 g/mol. The maximum Gasteiger partial charge on any atom is 0.0978 e. The molecule has 0 saturated heterocycles. The van der Waals surface area contributed by atoms with Crippen LogP contribution >= 0.6 is 0 Å². The zero-order valence-corrected chi connectivity index (χ0v) is 24.7. The van der Waals surface area contributed by atoms with Crippen LogP contribution in [0.25, 0.3) is 88.5 Å². The number of aromatic nitrogens is 5. The van der Waals surface area contributed by atoms with Crippen LogP contribution in [-0.2, 0) is 0 Å². The predicted octanol–water partition coefficient (Wildman–Crippen LogP) is 9.94. The van der Waals surface area contributed by atoms with Crippen molar-refractivity contribution < 1.29 is 0 Å². The van der Waals surface area contributed by atoms with Gasteiger partial charge in [0, 0.05) is 56.8 Å². The summed E-state index contributed by atoms with van der Waals surface area (Å²) in [4.78, 5) is 24.1. The summed E-state index contributed by atoms with van der Waals surface area (Å²) in [7, 11) is 0. The fourth-order valence-corrected chi connectivity index (χ4v) is 6.31. The van der Waals surface area contributed by atoms with Crippen molar-refractivity contribution in [2.75, 3.05) is 0 Å². The van der Waals surface area contributed by atoms with Crippen molar-refractivity contribution >= 4 is 43.6 Å². The first kappa shape index (κ1) is 26.1. The molecular formula is C41H25N5. The van der Waals surface area contributed by atoms with E-state index in [0.717, 1.165) is 88.5 Å². The molecule has 0 amide bonds. The lowest BCUT2D eigenvalue weighted by molar-refractivity contribution is 1.28. The van der Waals surface area contributed by atoms with Crippen LogP contribution in [-0.4, -0.2) is 24.9 Å². The molecule has 9 rings (SSSR count). The molecule has 5 nitrogen and oxygen atoms in total. The molecule has 5 heteroatoms. The van der Waals surface area contributed by atoms with E-state index in [1.807, 2.05) is 42.6 Å². The Balaban J connectivity index is 1.12. The van der Waals surface area contributed by atoms with E-state index < -0.39 is 0 Å². The van der Waals surface area contributed by atoms with Crippen LogP contribution in [0.15, 0.2) is 152 Å². The van der Waals surface area contributed by atoms with Gasteiger partial charge in [-0.05, 0) is 53.6 Å². The first-order valence-electron chi connectivity index (χ1n) is 15.2.